The summed E-state index contributed by atoms with van der Waals surface area (Å²) in [5.41, 5.74) is 1.71. The molecule has 29 heavy (non-hydrogen) atoms. The van der Waals surface area contributed by atoms with E-state index in [0.717, 1.165) is 35.8 Å². The third-order valence-corrected chi connectivity index (χ3v) is 6.36. The largest absolute Gasteiger partial charge is 0.338 e. The van der Waals surface area contributed by atoms with Crippen LogP contribution in [0.5, 0.6) is 0 Å². The Morgan fingerprint density at radius 2 is 2.00 bits per heavy atom. The van der Waals surface area contributed by atoms with Crippen LogP contribution in [0.1, 0.15) is 51.8 Å². The van der Waals surface area contributed by atoms with Gasteiger partial charge in [0.05, 0.1) is 11.6 Å². The lowest BCUT2D eigenvalue weighted by Crippen LogP contribution is -2.42. The first-order valence-electron chi connectivity index (χ1n) is 10.4. The molecule has 0 fully saturated rings. The molecule has 0 aliphatic carbocycles. The van der Waals surface area contributed by atoms with Crippen LogP contribution in [0.2, 0.25) is 0 Å². The van der Waals surface area contributed by atoms with E-state index in [1.807, 2.05) is 23.1 Å². The fourth-order valence-corrected chi connectivity index (χ4v) is 4.50. The van der Waals surface area contributed by atoms with Crippen molar-refractivity contribution in [2.24, 2.45) is 5.92 Å². The zero-order valence-electron chi connectivity index (χ0n) is 17.9. The Hall–Kier alpha value is -2.08. The minimum atomic E-state index is -0.201. The average Bonchev–Trinajstić information content (AvgIpc) is 2.70. The highest BCUT2D eigenvalue weighted by Crippen LogP contribution is 2.29. The molecular formula is C23H31N3O2S. The Kier molecular flexibility index (Phi) is 6.83. The topological polar surface area (TPSA) is 55.2 Å². The van der Waals surface area contributed by atoms with Gasteiger partial charge in [-0.2, -0.15) is 0 Å². The maximum absolute atomic E-state index is 13.3. The first-order valence-corrected chi connectivity index (χ1v) is 11.4. The van der Waals surface area contributed by atoms with E-state index in [9.17, 15) is 9.59 Å². The lowest BCUT2D eigenvalue weighted by Gasteiger charge is -2.31. The summed E-state index contributed by atoms with van der Waals surface area (Å²) in [4.78, 5) is 32.7. The predicted molar refractivity (Wildman–Crippen MR) is 118 cm³/mol. The number of nitrogens with zero attached hydrogens (tertiary/aromatic N) is 3. The number of thioether (sulfide) groups is 1. The molecule has 1 aliphatic rings. The summed E-state index contributed by atoms with van der Waals surface area (Å²) < 4.78 is 1.67. The van der Waals surface area contributed by atoms with Crippen LogP contribution < -0.4 is 5.56 Å². The van der Waals surface area contributed by atoms with Gasteiger partial charge in [-0.25, -0.2) is 4.98 Å². The summed E-state index contributed by atoms with van der Waals surface area (Å²) in [7, 11) is 0. The summed E-state index contributed by atoms with van der Waals surface area (Å²) >= 11 is 1.52. The second-order valence-corrected chi connectivity index (χ2v) is 9.72. The molecule has 0 radical (unpaired) electrons. The zero-order valence-corrected chi connectivity index (χ0v) is 18.7. The molecule has 0 saturated heterocycles. The van der Waals surface area contributed by atoms with Gasteiger partial charge in [0.2, 0.25) is 5.91 Å². The van der Waals surface area contributed by atoms with Gasteiger partial charge in [-0.15, -0.1) is 0 Å². The summed E-state index contributed by atoms with van der Waals surface area (Å²) in [6.45, 7) is 10.1. The van der Waals surface area contributed by atoms with Crippen molar-refractivity contribution in [2.75, 3.05) is 12.3 Å². The van der Waals surface area contributed by atoms with Crippen molar-refractivity contribution >= 4 is 17.7 Å². The van der Waals surface area contributed by atoms with Crippen LogP contribution in [0.25, 0.3) is 0 Å². The number of rotatable bonds is 6. The number of fused-ring (bicyclic) bond motifs is 1. The molecule has 2 aromatic rings. The van der Waals surface area contributed by atoms with Crippen molar-refractivity contribution in [3.8, 4) is 0 Å². The van der Waals surface area contributed by atoms with Gasteiger partial charge in [-0.05, 0) is 12.0 Å². The highest BCUT2D eigenvalue weighted by molar-refractivity contribution is 7.99. The zero-order chi connectivity index (χ0) is 21.0. The first-order chi connectivity index (χ1) is 13.8. The van der Waals surface area contributed by atoms with Gasteiger partial charge >= 0.3 is 0 Å². The fourth-order valence-electron chi connectivity index (χ4n) is 3.42. The van der Waals surface area contributed by atoms with E-state index in [-0.39, 0.29) is 22.8 Å². The van der Waals surface area contributed by atoms with Crippen molar-refractivity contribution in [3.63, 3.8) is 0 Å². The number of hydrogen-bond donors (Lipinski definition) is 0. The van der Waals surface area contributed by atoms with Gasteiger partial charge in [-0.1, -0.05) is 76.2 Å². The molecule has 1 amide bonds. The van der Waals surface area contributed by atoms with E-state index in [4.69, 9.17) is 4.98 Å². The SMILES string of the molecule is CCCCN(Cc1ccccc1)C(=O)C1CSc2nc(C(C)(C)C)cc(=O)n2C1. The van der Waals surface area contributed by atoms with Crippen molar-refractivity contribution < 1.29 is 4.79 Å². The van der Waals surface area contributed by atoms with Crippen LogP contribution in [0.15, 0.2) is 46.3 Å². The highest BCUT2D eigenvalue weighted by atomic mass is 32.2. The summed E-state index contributed by atoms with van der Waals surface area (Å²) in [5, 5.41) is 0.731. The molecule has 0 saturated carbocycles. The average molecular weight is 414 g/mol. The Labute approximate surface area is 177 Å². The van der Waals surface area contributed by atoms with Gasteiger partial charge in [0.25, 0.3) is 5.56 Å². The van der Waals surface area contributed by atoms with Crippen LogP contribution in [0, 0.1) is 5.92 Å². The molecular weight excluding hydrogens is 382 g/mol. The third kappa shape index (κ3) is 5.30. The molecule has 0 bridgehead atoms. The second kappa shape index (κ2) is 9.16. The molecule has 0 spiro atoms. The summed E-state index contributed by atoms with van der Waals surface area (Å²) in [5.74, 6) is 0.594. The quantitative estimate of drug-likeness (QED) is 0.669. The van der Waals surface area contributed by atoms with Crippen LogP contribution >= 0.6 is 11.8 Å². The smallest absolute Gasteiger partial charge is 0.254 e. The molecule has 6 heteroatoms. The molecule has 1 aromatic heterocycles. The number of amides is 1. The second-order valence-electron chi connectivity index (χ2n) is 8.73. The Morgan fingerprint density at radius 1 is 1.28 bits per heavy atom. The number of hydrogen-bond acceptors (Lipinski definition) is 4. The Bertz CT molecular complexity index is 903. The molecule has 1 atom stereocenters. The molecule has 2 heterocycles. The molecule has 3 rings (SSSR count). The molecule has 0 N–H and O–H groups in total. The monoisotopic (exact) mass is 413 g/mol. The lowest BCUT2D eigenvalue weighted by molar-refractivity contribution is -0.136. The van der Waals surface area contributed by atoms with Gasteiger partial charge in [0.15, 0.2) is 5.16 Å². The number of carbonyl (C=O) groups excluding carboxylic acids is 1. The van der Waals surface area contributed by atoms with Gasteiger partial charge in [0, 0.05) is 36.9 Å². The standard InChI is InChI=1S/C23H31N3O2S/c1-5-6-12-25(14-17-10-8-7-9-11-17)21(28)18-15-26-20(27)13-19(23(2,3)4)24-22(26)29-16-18/h7-11,13,18H,5-6,12,14-16H2,1-4H3. The van der Waals surface area contributed by atoms with E-state index < -0.39 is 0 Å². The van der Waals surface area contributed by atoms with E-state index >= 15 is 0 Å². The van der Waals surface area contributed by atoms with Crippen LogP contribution in [0.4, 0.5) is 0 Å². The minimum Gasteiger partial charge on any atom is -0.338 e. The number of benzene rings is 1. The predicted octanol–water partition coefficient (Wildman–Crippen LogP) is 4.09. The van der Waals surface area contributed by atoms with E-state index in [1.54, 1.807) is 10.6 Å². The van der Waals surface area contributed by atoms with Crippen molar-refractivity contribution in [1.82, 2.24) is 14.5 Å². The normalized spacial score (nSPS) is 16.3. The van der Waals surface area contributed by atoms with E-state index in [2.05, 4.69) is 39.8 Å². The van der Waals surface area contributed by atoms with Crippen molar-refractivity contribution in [3.05, 3.63) is 58.0 Å². The minimum absolute atomic E-state index is 0.0620. The highest BCUT2D eigenvalue weighted by Gasteiger charge is 2.31. The van der Waals surface area contributed by atoms with E-state index in [0.29, 0.717) is 18.8 Å². The number of carbonyl (C=O) groups is 1. The molecule has 5 nitrogen and oxygen atoms in total. The van der Waals surface area contributed by atoms with Gasteiger partial charge < -0.3 is 4.90 Å². The molecule has 1 unspecified atom stereocenters. The maximum atomic E-state index is 13.3. The van der Waals surface area contributed by atoms with Crippen LogP contribution in [-0.4, -0.2) is 32.7 Å². The summed E-state index contributed by atoms with van der Waals surface area (Å²) in [6, 6.07) is 11.7. The molecule has 156 valence electrons. The first kappa shape index (κ1) is 21.6. The van der Waals surface area contributed by atoms with Crippen molar-refractivity contribution in [1.29, 1.82) is 0 Å². The van der Waals surface area contributed by atoms with E-state index in [1.165, 1.54) is 11.8 Å². The third-order valence-electron chi connectivity index (χ3n) is 5.22. The number of aromatic nitrogens is 2. The van der Waals surface area contributed by atoms with Crippen LogP contribution in [-0.2, 0) is 23.3 Å². The maximum Gasteiger partial charge on any atom is 0.254 e. The van der Waals surface area contributed by atoms with Crippen molar-refractivity contribution in [2.45, 2.75) is 64.2 Å². The Morgan fingerprint density at radius 3 is 2.66 bits per heavy atom. The molecule has 1 aliphatic heterocycles. The number of unbranched alkanes of at least 4 members (excludes halogenated alkanes) is 1. The molecule has 1 aromatic carbocycles. The van der Waals surface area contributed by atoms with Gasteiger partial charge in [0.1, 0.15) is 0 Å². The lowest BCUT2D eigenvalue weighted by atomic mass is 9.92. The summed E-state index contributed by atoms with van der Waals surface area (Å²) in [6.07, 6.45) is 2.02. The van der Waals surface area contributed by atoms with Crippen LogP contribution in [0.3, 0.4) is 0 Å². The fraction of sp³-hybridized carbons (Fsp3) is 0.522. The van der Waals surface area contributed by atoms with Gasteiger partial charge in [-0.3, -0.25) is 14.2 Å². The Balaban J connectivity index is 1.79.